The quantitative estimate of drug-likeness (QED) is 0.402. The van der Waals surface area contributed by atoms with E-state index in [1.807, 2.05) is 19.0 Å². The lowest BCUT2D eigenvalue weighted by atomic mass is 10.1. The molecule has 0 fully saturated rings. The molecule has 0 atom stereocenters. The third kappa shape index (κ3) is 4.44. The van der Waals surface area contributed by atoms with Gasteiger partial charge in [-0.15, -0.1) is 0 Å². The number of nitrogens with zero attached hydrogens (tertiary/aromatic N) is 2. The number of carbonyl (C=O) groups is 1. The molecule has 3 aromatic rings. The SMILES string of the molecule is CN(C)CCOC(=O)c1ccc(N=Cc2c(O)c3ccccc3oc2=O)cc1. The summed E-state index contributed by atoms with van der Waals surface area (Å²) in [4.78, 5) is 30.2. The molecule has 0 unspecified atom stereocenters. The van der Waals surface area contributed by atoms with E-state index in [0.717, 1.165) is 0 Å². The average molecular weight is 380 g/mol. The zero-order valence-electron chi connectivity index (χ0n) is 15.6. The summed E-state index contributed by atoms with van der Waals surface area (Å²) in [6.07, 6.45) is 1.25. The third-order valence-corrected chi connectivity index (χ3v) is 4.04. The molecule has 1 aromatic heterocycles. The number of hydrogen-bond donors (Lipinski definition) is 1. The lowest BCUT2D eigenvalue weighted by molar-refractivity contribution is 0.0482. The highest BCUT2D eigenvalue weighted by Gasteiger charge is 2.12. The van der Waals surface area contributed by atoms with E-state index in [1.54, 1.807) is 48.5 Å². The molecule has 1 N–H and O–H groups in total. The second kappa shape index (κ2) is 8.49. The Bertz CT molecular complexity index is 1070. The number of carbonyl (C=O) groups excluding carboxylic acids is 1. The van der Waals surface area contributed by atoms with Crippen LogP contribution in [0.4, 0.5) is 5.69 Å². The van der Waals surface area contributed by atoms with Crippen molar-refractivity contribution in [1.29, 1.82) is 0 Å². The van der Waals surface area contributed by atoms with Crippen LogP contribution in [0.1, 0.15) is 15.9 Å². The average Bonchev–Trinajstić information content (AvgIpc) is 2.68. The number of ether oxygens (including phenoxy) is 1. The highest BCUT2D eigenvalue weighted by molar-refractivity contribution is 5.94. The van der Waals surface area contributed by atoms with Crippen molar-refractivity contribution in [1.82, 2.24) is 4.90 Å². The molecular weight excluding hydrogens is 360 g/mol. The molecule has 0 saturated carbocycles. The molecule has 7 heteroatoms. The summed E-state index contributed by atoms with van der Waals surface area (Å²) in [5.74, 6) is -0.595. The second-order valence-corrected chi connectivity index (χ2v) is 6.39. The fourth-order valence-electron chi connectivity index (χ4n) is 2.49. The Labute approximate surface area is 161 Å². The molecule has 0 saturated heterocycles. The highest BCUT2D eigenvalue weighted by atomic mass is 16.5. The third-order valence-electron chi connectivity index (χ3n) is 4.04. The topological polar surface area (TPSA) is 92.3 Å². The monoisotopic (exact) mass is 380 g/mol. The lowest BCUT2D eigenvalue weighted by Crippen LogP contribution is -2.20. The molecular formula is C21H20N2O5. The maximum absolute atomic E-state index is 12.1. The molecule has 0 aliphatic heterocycles. The summed E-state index contributed by atoms with van der Waals surface area (Å²) in [5.41, 5.74) is 0.508. The summed E-state index contributed by atoms with van der Waals surface area (Å²) in [7, 11) is 3.79. The maximum Gasteiger partial charge on any atom is 0.348 e. The number of fused-ring (bicyclic) bond motifs is 1. The summed E-state index contributed by atoms with van der Waals surface area (Å²) in [5, 5.41) is 10.8. The van der Waals surface area contributed by atoms with E-state index in [-0.39, 0.29) is 11.3 Å². The summed E-state index contributed by atoms with van der Waals surface area (Å²) in [6.45, 7) is 0.953. The van der Waals surface area contributed by atoms with Crippen LogP contribution in [0.5, 0.6) is 5.75 Å². The van der Waals surface area contributed by atoms with E-state index in [2.05, 4.69) is 4.99 Å². The minimum absolute atomic E-state index is 0.0362. The van der Waals surface area contributed by atoms with Crippen LogP contribution in [0, 0.1) is 0 Å². The van der Waals surface area contributed by atoms with Crippen LogP contribution in [-0.2, 0) is 4.74 Å². The molecule has 3 rings (SSSR count). The Morgan fingerprint density at radius 3 is 2.61 bits per heavy atom. The van der Waals surface area contributed by atoms with Crippen molar-refractivity contribution in [3.05, 3.63) is 70.1 Å². The molecule has 7 nitrogen and oxygen atoms in total. The van der Waals surface area contributed by atoms with E-state index < -0.39 is 11.6 Å². The molecule has 0 spiro atoms. The van der Waals surface area contributed by atoms with Gasteiger partial charge in [0.05, 0.1) is 16.6 Å². The minimum atomic E-state index is -0.680. The van der Waals surface area contributed by atoms with Crippen molar-refractivity contribution in [2.75, 3.05) is 27.2 Å². The molecule has 0 radical (unpaired) electrons. The van der Waals surface area contributed by atoms with Crippen LogP contribution in [0.25, 0.3) is 11.0 Å². The zero-order valence-corrected chi connectivity index (χ0v) is 15.6. The summed E-state index contributed by atoms with van der Waals surface area (Å²) < 4.78 is 10.4. The van der Waals surface area contributed by atoms with Crippen molar-refractivity contribution in [3.8, 4) is 5.75 Å². The number of likely N-dealkylation sites (N-methyl/N-ethyl adjacent to an activating group) is 1. The van der Waals surface area contributed by atoms with Crippen molar-refractivity contribution in [2.24, 2.45) is 4.99 Å². The number of aromatic hydroxyl groups is 1. The Hall–Kier alpha value is -3.45. The van der Waals surface area contributed by atoms with Crippen LogP contribution in [-0.4, -0.2) is 49.4 Å². The first-order chi connectivity index (χ1) is 13.5. The number of rotatable bonds is 6. The van der Waals surface area contributed by atoms with Crippen LogP contribution >= 0.6 is 0 Å². The van der Waals surface area contributed by atoms with E-state index in [1.165, 1.54) is 6.21 Å². The van der Waals surface area contributed by atoms with Crippen molar-refractivity contribution < 1.29 is 19.1 Å². The normalized spacial score (nSPS) is 11.4. The molecule has 0 aliphatic rings. The van der Waals surface area contributed by atoms with E-state index in [9.17, 15) is 14.7 Å². The van der Waals surface area contributed by atoms with Gasteiger partial charge in [-0.05, 0) is 50.5 Å². The first-order valence-electron chi connectivity index (χ1n) is 8.66. The van der Waals surface area contributed by atoms with Gasteiger partial charge in [0, 0.05) is 12.8 Å². The minimum Gasteiger partial charge on any atom is -0.506 e. The smallest absolute Gasteiger partial charge is 0.348 e. The molecule has 0 aliphatic carbocycles. The largest absolute Gasteiger partial charge is 0.506 e. The fourth-order valence-corrected chi connectivity index (χ4v) is 2.49. The molecule has 0 amide bonds. The van der Waals surface area contributed by atoms with E-state index >= 15 is 0 Å². The maximum atomic E-state index is 12.1. The Morgan fingerprint density at radius 1 is 1.18 bits per heavy atom. The van der Waals surface area contributed by atoms with Gasteiger partial charge < -0.3 is 19.2 Å². The zero-order chi connectivity index (χ0) is 20.1. The van der Waals surface area contributed by atoms with Crippen LogP contribution in [0.3, 0.4) is 0 Å². The van der Waals surface area contributed by atoms with E-state index in [4.69, 9.17) is 9.15 Å². The Morgan fingerprint density at radius 2 is 1.89 bits per heavy atom. The Balaban J connectivity index is 1.76. The standard InChI is InChI=1S/C21H20N2O5/c1-23(2)11-12-27-20(25)14-7-9-15(10-8-14)22-13-17-19(24)16-5-3-4-6-18(16)28-21(17)26/h3-10,13,24H,11-12H2,1-2H3. The first kappa shape index (κ1) is 19.3. The summed E-state index contributed by atoms with van der Waals surface area (Å²) in [6, 6.07) is 13.1. The lowest BCUT2D eigenvalue weighted by Gasteiger charge is -2.09. The van der Waals surface area contributed by atoms with Crippen LogP contribution in [0.2, 0.25) is 0 Å². The number of benzene rings is 2. The second-order valence-electron chi connectivity index (χ2n) is 6.39. The molecule has 1 heterocycles. The van der Waals surface area contributed by atoms with Gasteiger partial charge in [-0.1, -0.05) is 12.1 Å². The van der Waals surface area contributed by atoms with Gasteiger partial charge in [0.25, 0.3) is 0 Å². The molecule has 0 bridgehead atoms. The molecule has 144 valence electrons. The van der Waals surface area contributed by atoms with Crippen LogP contribution < -0.4 is 5.63 Å². The first-order valence-corrected chi connectivity index (χ1v) is 8.66. The van der Waals surface area contributed by atoms with Gasteiger partial charge in [-0.2, -0.15) is 0 Å². The van der Waals surface area contributed by atoms with Crippen molar-refractivity contribution in [2.45, 2.75) is 0 Å². The Kier molecular flexibility index (Phi) is 5.86. The van der Waals surface area contributed by atoms with Gasteiger partial charge in [0.1, 0.15) is 23.5 Å². The number of esters is 1. The van der Waals surface area contributed by atoms with Crippen molar-refractivity contribution in [3.63, 3.8) is 0 Å². The molecule has 2 aromatic carbocycles. The van der Waals surface area contributed by atoms with Crippen LogP contribution in [0.15, 0.2) is 62.7 Å². The van der Waals surface area contributed by atoms with Gasteiger partial charge in [-0.3, -0.25) is 4.99 Å². The molecule has 28 heavy (non-hydrogen) atoms. The highest BCUT2D eigenvalue weighted by Crippen LogP contribution is 2.25. The predicted molar refractivity (Wildman–Crippen MR) is 107 cm³/mol. The number of para-hydroxylation sites is 1. The number of aliphatic imine (C=N–C) groups is 1. The predicted octanol–water partition coefficient (Wildman–Crippen LogP) is 2.97. The fraction of sp³-hybridized carbons (Fsp3) is 0.190. The van der Waals surface area contributed by atoms with Crippen molar-refractivity contribution >= 4 is 28.8 Å². The van der Waals surface area contributed by atoms with Gasteiger partial charge in [0.15, 0.2) is 0 Å². The number of hydrogen-bond acceptors (Lipinski definition) is 7. The van der Waals surface area contributed by atoms with E-state index in [0.29, 0.717) is 35.4 Å². The van der Waals surface area contributed by atoms with Gasteiger partial charge in [-0.25, -0.2) is 9.59 Å². The van der Waals surface area contributed by atoms with Gasteiger partial charge in [0.2, 0.25) is 0 Å². The summed E-state index contributed by atoms with van der Waals surface area (Å²) >= 11 is 0. The van der Waals surface area contributed by atoms with Gasteiger partial charge >= 0.3 is 11.6 Å².